The van der Waals surface area contributed by atoms with Crippen molar-refractivity contribution in [3.05, 3.63) is 28.8 Å². The highest BCUT2D eigenvalue weighted by Gasteiger charge is 2.49. The minimum Gasteiger partial charge on any atom is -0.336 e. The molecule has 1 heterocycles. The zero-order chi connectivity index (χ0) is 23.0. The van der Waals surface area contributed by atoms with Gasteiger partial charge in [-0.1, -0.05) is 11.6 Å². The Bertz CT molecular complexity index is 852. The number of likely N-dealkylation sites (tertiary alicyclic amines) is 1. The fraction of sp³-hybridized carbons (Fsp3) is 0.500. The second kappa shape index (κ2) is 8.37. The lowest BCUT2D eigenvalue weighted by Crippen LogP contribution is -2.55. The molecule has 1 saturated heterocycles. The van der Waals surface area contributed by atoms with Gasteiger partial charge in [-0.15, -0.1) is 0 Å². The van der Waals surface area contributed by atoms with Gasteiger partial charge in [0.05, 0.1) is 10.9 Å². The Hall–Kier alpha value is -2.43. The highest BCUT2D eigenvalue weighted by molar-refractivity contribution is 6.35. The van der Waals surface area contributed by atoms with Crippen LogP contribution in [0.2, 0.25) is 5.02 Å². The van der Waals surface area contributed by atoms with Crippen molar-refractivity contribution in [2.45, 2.75) is 44.9 Å². The summed E-state index contributed by atoms with van der Waals surface area (Å²) in [6.07, 6.45) is -4.62. The maximum atomic E-state index is 13.5. The van der Waals surface area contributed by atoms with E-state index in [-0.39, 0.29) is 18.7 Å². The molecule has 1 aliphatic rings. The second-order valence-electron chi connectivity index (χ2n) is 7.43. The van der Waals surface area contributed by atoms with Gasteiger partial charge < -0.3 is 15.5 Å². The Labute approximate surface area is 173 Å². The van der Waals surface area contributed by atoms with E-state index in [0.717, 1.165) is 17.0 Å². The van der Waals surface area contributed by atoms with Crippen molar-refractivity contribution < 1.29 is 36.3 Å². The summed E-state index contributed by atoms with van der Waals surface area (Å²) in [5.74, 6) is -6.71. The maximum absolute atomic E-state index is 13.5. The molecule has 3 amide bonds. The summed E-state index contributed by atoms with van der Waals surface area (Å²) in [5.41, 5.74) is -1.34. The molecule has 0 aromatic heterocycles. The number of benzene rings is 1. The maximum Gasteiger partial charge on any atom is 0.408 e. The number of alkyl halides is 3. The number of carbonyl (C=O) groups is 3. The van der Waals surface area contributed by atoms with E-state index in [1.54, 1.807) is 5.32 Å². The number of hydrogen-bond donors (Lipinski definition) is 2. The number of carbonyl (C=O) groups excluding carboxylic acids is 3. The Kier molecular flexibility index (Phi) is 6.65. The third-order valence-corrected chi connectivity index (χ3v) is 5.31. The molecule has 2 atom stereocenters. The van der Waals surface area contributed by atoms with Gasteiger partial charge >= 0.3 is 18.0 Å². The van der Waals surface area contributed by atoms with E-state index < -0.39 is 58.1 Å². The van der Waals surface area contributed by atoms with E-state index in [4.69, 9.17) is 11.6 Å². The van der Waals surface area contributed by atoms with E-state index in [2.05, 4.69) is 5.32 Å². The molecule has 0 saturated carbocycles. The normalized spacial score (nSPS) is 19.4. The van der Waals surface area contributed by atoms with Crippen LogP contribution in [0.25, 0.3) is 0 Å². The zero-order valence-corrected chi connectivity index (χ0v) is 16.9. The van der Waals surface area contributed by atoms with Crippen molar-refractivity contribution in [3.63, 3.8) is 0 Å². The first-order valence-corrected chi connectivity index (χ1v) is 9.18. The fourth-order valence-electron chi connectivity index (χ4n) is 3.22. The lowest BCUT2D eigenvalue weighted by atomic mass is 9.87. The van der Waals surface area contributed by atoms with Crippen LogP contribution in [0, 0.1) is 17.6 Å². The molecule has 12 heteroatoms. The number of amides is 3. The summed E-state index contributed by atoms with van der Waals surface area (Å²) < 4.78 is 64.6. The van der Waals surface area contributed by atoms with Crippen LogP contribution >= 0.6 is 11.6 Å². The van der Waals surface area contributed by atoms with Crippen LogP contribution in [-0.2, 0) is 14.4 Å². The molecule has 1 unspecified atom stereocenters. The van der Waals surface area contributed by atoms with Crippen molar-refractivity contribution in [3.8, 4) is 0 Å². The molecule has 1 aromatic carbocycles. The zero-order valence-electron chi connectivity index (χ0n) is 16.2. The first-order chi connectivity index (χ1) is 13.7. The molecule has 1 fully saturated rings. The van der Waals surface area contributed by atoms with Crippen molar-refractivity contribution in [1.29, 1.82) is 0 Å². The van der Waals surface area contributed by atoms with E-state index in [1.165, 1.54) is 13.8 Å². The third-order valence-electron chi connectivity index (χ3n) is 5.04. The summed E-state index contributed by atoms with van der Waals surface area (Å²) in [6, 6.07) is -0.484. The number of halogens is 6. The number of nitrogens with zero attached hydrogens (tertiary/aromatic N) is 1. The summed E-state index contributed by atoms with van der Waals surface area (Å²) in [7, 11) is 0. The monoisotopic (exact) mass is 455 g/mol. The second-order valence-corrected chi connectivity index (χ2v) is 7.84. The smallest absolute Gasteiger partial charge is 0.336 e. The van der Waals surface area contributed by atoms with Gasteiger partial charge in [-0.3, -0.25) is 14.4 Å². The fourth-order valence-corrected chi connectivity index (χ4v) is 3.43. The van der Waals surface area contributed by atoms with Crippen molar-refractivity contribution in [2.75, 3.05) is 11.9 Å². The van der Waals surface area contributed by atoms with Crippen LogP contribution in [0.3, 0.4) is 0 Å². The molecular formula is C18H19ClF5N3O3. The molecule has 2 rings (SSSR count). The number of nitrogens with one attached hydrogen (secondary N) is 2. The van der Waals surface area contributed by atoms with Gasteiger partial charge in [0.2, 0.25) is 5.91 Å². The Morgan fingerprint density at radius 2 is 1.83 bits per heavy atom. The van der Waals surface area contributed by atoms with Crippen LogP contribution < -0.4 is 10.6 Å². The lowest BCUT2D eigenvalue weighted by Gasteiger charge is -2.35. The molecule has 166 valence electrons. The Morgan fingerprint density at radius 1 is 1.23 bits per heavy atom. The van der Waals surface area contributed by atoms with Gasteiger partial charge in [0.1, 0.15) is 6.04 Å². The standard InChI is InChI=1S/C18H19ClF5N3O3/c1-8(18(22,23)24)25-15(29)16(30)27-5-4-10(17(27,2)3)14(28)26-9-6-11(19)13(21)12(20)7-9/h6-8,10H,4-5H2,1-3H3,(H,25,29)(H,26,28)/t8-,10?/m1/s1. The topological polar surface area (TPSA) is 78.5 Å². The number of rotatable bonds is 3. The summed E-state index contributed by atoms with van der Waals surface area (Å²) in [6.45, 7) is 3.58. The first kappa shape index (κ1) is 23.8. The van der Waals surface area contributed by atoms with Crippen LogP contribution in [0.4, 0.5) is 27.6 Å². The number of anilines is 1. The molecule has 2 N–H and O–H groups in total. The predicted molar refractivity (Wildman–Crippen MR) is 97.6 cm³/mol. The summed E-state index contributed by atoms with van der Waals surface area (Å²) in [5, 5.41) is 3.42. The largest absolute Gasteiger partial charge is 0.408 e. The molecular weight excluding hydrogens is 437 g/mol. The van der Waals surface area contributed by atoms with Crippen LogP contribution in [0.5, 0.6) is 0 Å². The Balaban J connectivity index is 2.12. The van der Waals surface area contributed by atoms with Gasteiger partial charge in [-0.25, -0.2) is 8.78 Å². The highest BCUT2D eigenvalue weighted by atomic mass is 35.5. The van der Waals surface area contributed by atoms with Crippen LogP contribution in [0.1, 0.15) is 27.2 Å². The Morgan fingerprint density at radius 3 is 2.37 bits per heavy atom. The van der Waals surface area contributed by atoms with Gasteiger partial charge in [-0.2, -0.15) is 13.2 Å². The highest BCUT2D eigenvalue weighted by Crippen LogP contribution is 2.36. The molecule has 1 aliphatic heterocycles. The van der Waals surface area contributed by atoms with Gasteiger partial charge in [0.25, 0.3) is 0 Å². The van der Waals surface area contributed by atoms with E-state index in [9.17, 15) is 36.3 Å². The van der Waals surface area contributed by atoms with Crippen molar-refractivity contribution in [2.24, 2.45) is 5.92 Å². The van der Waals surface area contributed by atoms with Crippen LogP contribution in [0.15, 0.2) is 12.1 Å². The molecule has 30 heavy (non-hydrogen) atoms. The minimum absolute atomic E-state index is 0.0593. The van der Waals surface area contributed by atoms with E-state index in [1.807, 2.05) is 0 Å². The van der Waals surface area contributed by atoms with Crippen LogP contribution in [-0.4, -0.2) is 46.9 Å². The molecule has 6 nitrogen and oxygen atoms in total. The average Bonchev–Trinajstić information content (AvgIpc) is 2.92. The first-order valence-electron chi connectivity index (χ1n) is 8.80. The molecule has 0 bridgehead atoms. The molecule has 0 radical (unpaired) electrons. The average molecular weight is 456 g/mol. The lowest BCUT2D eigenvalue weighted by molar-refractivity contribution is -0.163. The molecule has 0 aliphatic carbocycles. The van der Waals surface area contributed by atoms with Gasteiger partial charge in [0.15, 0.2) is 11.6 Å². The third kappa shape index (κ3) is 4.82. The summed E-state index contributed by atoms with van der Waals surface area (Å²) >= 11 is 5.55. The predicted octanol–water partition coefficient (Wildman–Crippen LogP) is 3.25. The van der Waals surface area contributed by atoms with Gasteiger partial charge in [-0.05, 0) is 33.3 Å². The van der Waals surface area contributed by atoms with Gasteiger partial charge in [0, 0.05) is 23.8 Å². The minimum atomic E-state index is -4.72. The quantitative estimate of drug-likeness (QED) is 0.417. The van der Waals surface area contributed by atoms with E-state index >= 15 is 0 Å². The van der Waals surface area contributed by atoms with E-state index in [0.29, 0.717) is 6.92 Å². The molecule has 1 aromatic rings. The SMILES string of the molecule is C[C@@H](NC(=O)C(=O)N1CCC(C(=O)Nc2cc(F)c(F)c(Cl)c2)C1(C)C)C(F)(F)F. The summed E-state index contributed by atoms with van der Waals surface area (Å²) in [4.78, 5) is 38.0. The molecule has 0 spiro atoms. The number of hydrogen-bond acceptors (Lipinski definition) is 3. The van der Waals surface area contributed by atoms with Crippen molar-refractivity contribution >= 4 is 35.0 Å². The van der Waals surface area contributed by atoms with Crippen molar-refractivity contribution in [1.82, 2.24) is 10.2 Å².